The molecule has 0 saturated heterocycles. The Hall–Kier alpha value is -2.94. The van der Waals surface area contributed by atoms with Gasteiger partial charge in [0.05, 0.1) is 5.92 Å². The summed E-state index contributed by atoms with van der Waals surface area (Å²) in [7, 11) is 0. The highest BCUT2D eigenvalue weighted by atomic mass is 16.5. The lowest BCUT2D eigenvalue weighted by Gasteiger charge is -2.32. The smallest absolute Gasteiger partial charge is 0.311 e. The Morgan fingerprint density at radius 2 is 0.889 bits per heavy atom. The Labute approximate surface area is 385 Å². The van der Waals surface area contributed by atoms with E-state index in [0.29, 0.717) is 37.9 Å². The number of ether oxygens (including phenoxy) is 3. The van der Waals surface area contributed by atoms with Gasteiger partial charge in [0.2, 0.25) is 0 Å². The number of carboxylic acids is 1. The highest BCUT2D eigenvalue weighted by molar-refractivity contribution is 5.74. The molecule has 0 aromatic heterocycles. The van der Waals surface area contributed by atoms with Crippen molar-refractivity contribution in [1.82, 2.24) is 0 Å². The van der Waals surface area contributed by atoms with Crippen molar-refractivity contribution in [3.63, 3.8) is 0 Å². The van der Waals surface area contributed by atoms with Crippen LogP contribution in [0.25, 0.3) is 0 Å². The lowest BCUT2D eigenvalue weighted by molar-refractivity contribution is -0.147. The number of esters is 3. The molecule has 1 aromatic rings. The number of hydrogen-bond acceptors (Lipinski definition) is 8. The second-order valence-corrected chi connectivity index (χ2v) is 19.1. The van der Waals surface area contributed by atoms with Crippen LogP contribution in [-0.4, -0.2) is 53.9 Å². The van der Waals surface area contributed by atoms with Gasteiger partial charge in [-0.2, -0.15) is 0 Å². The van der Waals surface area contributed by atoms with E-state index in [9.17, 15) is 24.3 Å². The summed E-state index contributed by atoms with van der Waals surface area (Å²) >= 11 is 0. The number of carbonyl (C=O) groups excluding carboxylic acids is 3. The minimum atomic E-state index is -0.900. The average Bonchev–Trinajstić information content (AvgIpc) is 3.23. The predicted octanol–water partition coefficient (Wildman–Crippen LogP) is 14.6. The number of unbranched alkanes of at least 4 members (excludes halogenated alkanes) is 25. The van der Waals surface area contributed by atoms with Crippen molar-refractivity contribution in [2.45, 2.75) is 265 Å². The molecule has 0 heterocycles. The maximum atomic E-state index is 13.1. The summed E-state index contributed by atoms with van der Waals surface area (Å²) in [6.45, 7) is 12.4. The Bertz CT molecular complexity index is 1320. The minimum Gasteiger partial charge on any atom is -0.481 e. The van der Waals surface area contributed by atoms with Gasteiger partial charge < -0.3 is 24.4 Å². The first-order valence-corrected chi connectivity index (χ1v) is 25.9. The number of carboxylic acid groups (broad SMARTS) is 1. The van der Waals surface area contributed by atoms with Gasteiger partial charge in [0.1, 0.15) is 19.0 Å². The SMILES string of the molecule is CCCCCCCCCCCCCCCC(=O)OCC(COC(=O)CCCCCCCCCCCCCCC)c1c(C)cc(OC(=O)CCCCC(=O)O)c(C(C)(C)CCO)c1C. The zero-order chi connectivity index (χ0) is 46.6. The first-order valence-electron chi connectivity index (χ1n) is 25.9. The zero-order valence-corrected chi connectivity index (χ0v) is 41.4. The van der Waals surface area contributed by atoms with Crippen molar-refractivity contribution in [2.24, 2.45) is 0 Å². The number of aryl methyl sites for hydroxylation is 1. The topological polar surface area (TPSA) is 136 Å². The molecule has 0 atom stereocenters. The lowest BCUT2D eigenvalue weighted by atomic mass is 9.75. The molecule has 1 rings (SSSR count). The lowest BCUT2D eigenvalue weighted by Crippen LogP contribution is -2.26. The van der Waals surface area contributed by atoms with Gasteiger partial charge in [0, 0.05) is 37.9 Å². The molecule has 2 N–H and O–H groups in total. The Morgan fingerprint density at radius 1 is 0.540 bits per heavy atom. The Morgan fingerprint density at radius 3 is 1.27 bits per heavy atom. The average molecular weight is 887 g/mol. The zero-order valence-electron chi connectivity index (χ0n) is 41.4. The van der Waals surface area contributed by atoms with Gasteiger partial charge in [-0.3, -0.25) is 19.2 Å². The van der Waals surface area contributed by atoms with Crippen LogP contribution in [0.4, 0.5) is 0 Å². The van der Waals surface area contributed by atoms with Crippen molar-refractivity contribution in [3.05, 3.63) is 28.3 Å². The van der Waals surface area contributed by atoms with E-state index in [1.54, 1.807) is 0 Å². The summed E-state index contributed by atoms with van der Waals surface area (Å²) in [6.07, 6.45) is 34.0. The third kappa shape index (κ3) is 28.6. The van der Waals surface area contributed by atoms with Crippen LogP contribution in [0.3, 0.4) is 0 Å². The van der Waals surface area contributed by atoms with Crippen molar-refractivity contribution < 1.29 is 43.6 Å². The van der Waals surface area contributed by atoms with Gasteiger partial charge in [-0.1, -0.05) is 182 Å². The first-order chi connectivity index (χ1) is 30.4. The van der Waals surface area contributed by atoms with E-state index in [0.717, 1.165) is 60.8 Å². The summed E-state index contributed by atoms with van der Waals surface area (Å²) in [4.78, 5) is 50.2. The highest BCUT2D eigenvalue weighted by Gasteiger charge is 2.32. The van der Waals surface area contributed by atoms with Crippen LogP contribution in [0.15, 0.2) is 6.07 Å². The third-order valence-corrected chi connectivity index (χ3v) is 12.7. The number of benzene rings is 1. The van der Waals surface area contributed by atoms with Crippen LogP contribution in [-0.2, 0) is 34.1 Å². The molecule has 0 spiro atoms. The normalized spacial score (nSPS) is 11.6. The van der Waals surface area contributed by atoms with Crippen molar-refractivity contribution in [3.8, 4) is 5.75 Å². The monoisotopic (exact) mass is 887 g/mol. The number of aliphatic carboxylic acids is 1. The molecule has 0 amide bonds. The summed E-state index contributed by atoms with van der Waals surface area (Å²) in [6, 6.07) is 1.82. The molecule has 0 aliphatic rings. The minimum absolute atomic E-state index is 0.00961. The molecule has 9 heteroatoms. The fourth-order valence-electron chi connectivity index (χ4n) is 8.96. The van der Waals surface area contributed by atoms with E-state index >= 15 is 0 Å². The second-order valence-electron chi connectivity index (χ2n) is 19.1. The van der Waals surface area contributed by atoms with Crippen molar-refractivity contribution >= 4 is 23.9 Å². The Balaban J connectivity index is 2.93. The maximum absolute atomic E-state index is 13.1. The second kappa shape index (κ2) is 37.3. The molecule has 364 valence electrons. The van der Waals surface area contributed by atoms with Gasteiger partial charge >= 0.3 is 23.9 Å². The largest absolute Gasteiger partial charge is 0.481 e. The molecule has 0 unspecified atom stereocenters. The molecular formula is C54H94O9. The summed E-state index contributed by atoms with van der Waals surface area (Å²) in [5.74, 6) is -1.91. The van der Waals surface area contributed by atoms with Gasteiger partial charge in [-0.25, -0.2) is 0 Å². The Kier molecular flexibility index (Phi) is 34.4. The molecule has 1 aromatic carbocycles. The molecule has 0 aliphatic carbocycles. The number of carbonyl (C=O) groups is 4. The van der Waals surface area contributed by atoms with Crippen molar-refractivity contribution in [1.29, 1.82) is 0 Å². The van der Waals surface area contributed by atoms with Gasteiger partial charge in [-0.15, -0.1) is 0 Å². The summed E-state index contributed by atoms with van der Waals surface area (Å²) < 4.78 is 17.8. The third-order valence-electron chi connectivity index (χ3n) is 12.7. The molecule has 0 radical (unpaired) electrons. The van der Waals surface area contributed by atoms with Crippen LogP contribution in [0.5, 0.6) is 5.75 Å². The highest BCUT2D eigenvalue weighted by Crippen LogP contribution is 2.42. The molecule has 0 saturated carbocycles. The maximum Gasteiger partial charge on any atom is 0.311 e. The van der Waals surface area contributed by atoms with E-state index < -0.39 is 23.3 Å². The molecular weight excluding hydrogens is 793 g/mol. The van der Waals surface area contributed by atoms with E-state index in [1.807, 2.05) is 33.8 Å². The van der Waals surface area contributed by atoms with Gasteiger partial charge in [0.25, 0.3) is 0 Å². The fourth-order valence-corrected chi connectivity index (χ4v) is 8.96. The van der Waals surface area contributed by atoms with E-state index in [2.05, 4.69) is 13.8 Å². The molecule has 0 aliphatic heterocycles. The van der Waals surface area contributed by atoms with Crippen molar-refractivity contribution in [2.75, 3.05) is 19.8 Å². The number of aliphatic hydroxyl groups is 1. The fraction of sp³-hybridized carbons (Fsp3) is 0.815. The molecule has 63 heavy (non-hydrogen) atoms. The van der Waals surface area contributed by atoms with Crippen LogP contribution in [0, 0.1) is 13.8 Å². The number of rotatable bonds is 42. The van der Waals surface area contributed by atoms with E-state index in [4.69, 9.17) is 19.3 Å². The number of hydrogen-bond donors (Lipinski definition) is 2. The molecule has 0 bridgehead atoms. The molecule has 0 fully saturated rings. The van der Waals surface area contributed by atoms with Crippen LogP contribution < -0.4 is 4.74 Å². The van der Waals surface area contributed by atoms with E-state index in [1.165, 1.54) is 128 Å². The van der Waals surface area contributed by atoms with E-state index in [-0.39, 0.29) is 44.6 Å². The van der Waals surface area contributed by atoms with Crippen LogP contribution in [0.2, 0.25) is 0 Å². The predicted molar refractivity (Wildman–Crippen MR) is 258 cm³/mol. The standard InChI is InChI=1S/C54H94O9/c1-7-9-11-13-15-17-19-21-23-25-27-29-31-36-49(58)61-42-46(43-62-50(59)37-32-30-28-26-24-22-20-18-16-14-12-10-8-2)52-44(3)41-47(53(45(52)4)54(5,6)39-40-55)63-51(60)38-34-33-35-48(56)57/h41,46,55H,7-40,42-43H2,1-6H3,(H,56,57). The van der Waals surface area contributed by atoms with Crippen LogP contribution >= 0.6 is 0 Å². The molecule has 9 nitrogen and oxygen atoms in total. The first kappa shape index (κ1) is 58.1. The van der Waals surface area contributed by atoms with Gasteiger partial charge in [0.15, 0.2) is 0 Å². The quantitative estimate of drug-likeness (QED) is 0.0373. The number of aliphatic hydroxyl groups excluding tert-OH is 1. The summed E-state index contributed by atoms with van der Waals surface area (Å²) in [5, 5.41) is 19.1. The summed E-state index contributed by atoms with van der Waals surface area (Å²) in [5.41, 5.74) is 2.69. The van der Waals surface area contributed by atoms with Gasteiger partial charge in [-0.05, 0) is 74.1 Å². The van der Waals surface area contributed by atoms with Crippen LogP contribution in [0.1, 0.15) is 268 Å².